The largest absolute Gasteiger partial charge is 2.00 e. The van der Waals surface area contributed by atoms with E-state index in [-0.39, 0.29) is 67.3 Å². The van der Waals surface area contributed by atoms with Gasteiger partial charge in [-0.2, -0.15) is 0 Å². The molecule has 0 bridgehead atoms. The molecule has 0 fully saturated rings. The normalized spacial score (nSPS) is 15.2. The van der Waals surface area contributed by atoms with Crippen LogP contribution in [0.5, 0.6) is 0 Å². The zero-order valence-corrected chi connectivity index (χ0v) is 28.8. The molecule has 208 valence electrons. The third kappa shape index (κ3) is 6.09. The van der Waals surface area contributed by atoms with Crippen molar-refractivity contribution in [1.29, 1.82) is 0 Å². The molecule has 0 aromatic heterocycles. The van der Waals surface area contributed by atoms with Crippen LogP contribution in [0.3, 0.4) is 0 Å². The first-order valence-electron chi connectivity index (χ1n) is 13.9. The molecule has 1 atom stereocenters. The van der Waals surface area contributed by atoms with Gasteiger partial charge in [-0.25, -0.2) is 0 Å². The summed E-state index contributed by atoms with van der Waals surface area (Å²) in [6.45, 7) is 18.2. The van der Waals surface area contributed by atoms with E-state index in [4.69, 9.17) is 0 Å². The van der Waals surface area contributed by atoms with Crippen molar-refractivity contribution in [3.63, 3.8) is 0 Å². The molecule has 2 aliphatic carbocycles. The van der Waals surface area contributed by atoms with Gasteiger partial charge < -0.3 is 24.8 Å². The van der Waals surface area contributed by atoms with Gasteiger partial charge in [-0.1, -0.05) is 133 Å². The van der Waals surface area contributed by atoms with E-state index >= 15 is 0 Å². The maximum atomic E-state index is 4.15. The van der Waals surface area contributed by atoms with Crippen molar-refractivity contribution in [2.24, 2.45) is 5.92 Å². The van der Waals surface area contributed by atoms with Gasteiger partial charge in [0.15, 0.2) is 0 Å². The minimum atomic E-state index is -0.165. The third-order valence-corrected chi connectivity index (χ3v) is 8.54. The van der Waals surface area contributed by atoms with E-state index in [1.54, 1.807) is 5.56 Å². The van der Waals surface area contributed by atoms with Gasteiger partial charge in [-0.15, -0.1) is 6.58 Å². The molecule has 5 rings (SSSR count). The van der Waals surface area contributed by atoms with Crippen LogP contribution in [0.15, 0.2) is 97.6 Å². The van der Waals surface area contributed by atoms with Gasteiger partial charge in [0.05, 0.1) is 0 Å². The molecule has 0 amide bonds. The van der Waals surface area contributed by atoms with Crippen LogP contribution in [0.4, 0.5) is 0 Å². The van der Waals surface area contributed by atoms with Gasteiger partial charge in [0.2, 0.25) is 0 Å². The third-order valence-electron chi connectivity index (χ3n) is 8.54. The molecule has 3 heteroatoms. The Balaban J connectivity index is 0.00000187. The Morgan fingerprint density at radius 1 is 0.775 bits per heavy atom. The summed E-state index contributed by atoms with van der Waals surface area (Å²) in [6.07, 6.45) is 14.4. The molecular weight excluding hydrogens is 607 g/mol. The molecule has 0 saturated heterocycles. The maximum absolute atomic E-state index is 4.15. The smallest absolute Gasteiger partial charge is 1.00 e. The fourth-order valence-corrected chi connectivity index (χ4v) is 6.64. The van der Waals surface area contributed by atoms with E-state index in [0.29, 0.717) is 5.92 Å². The summed E-state index contributed by atoms with van der Waals surface area (Å²) in [4.78, 5) is 0. The average molecular weight is 649 g/mol. The quantitative estimate of drug-likeness (QED) is 0.279. The van der Waals surface area contributed by atoms with Crippen LogP contribution in [0.1, 0.15) is 87.8 Å². The number of allylic oxidation sites excluding steroid dienone is 5. The monoisotopic (exact) mass is 646 g/mol. The van der Waals surface area contributed by atoms with Gasteiger partial charge in [-0.05, 0) is 74.6 Å². The molecule has 0 nitrogen and oxygen atoms in total. The summed E-state index contributed by atoms with van der Waals surface area (Å²) in [5.41, 5.74) is 11.7. The van der Waals surface area contributed by atoms with Crippen molar-refractivity contribution >= 4 is 0 Å². The van der Waals surface area contributed by atoms with Gasteiger partial charge in [0, 0.05) is 11.3 Å². The summed E-state index contributed by atoms with van der Waals surface area (Å²) >= 11 is 0. The van der Waals surface area contributed by atoms with Crippen LogP contribution >= 0.6 is 0 Å². The average Bonchev–Trinajstić information content (AvgIpc) is 3.52. The molecule has 0 spiro atoms. The number of halogens is 2. The van der Waals surface area contributed by atoms with E-state index in [1.807, 2.05) is 0 Å². The van der Waals surface area contributed by atoms with Crippen molar-refractivity contribution in [2.75, 3.05) is 0 Å². The maximum Gasteiger partial charge on any atom is 2.00 e. The molecule has 0 aliphatic heterocycles. The molecule has 0 N–H and O–H groups in total. The Hall–Kier alpha value is -1.66. The first kappa shape index (κ1) is 34.5. The standard InChI is InChI=1S/C37H42.2ClH.Zr/c1-8-9-23-37(28-17-13-14-18-28,27-15-11-10-12-16-27)34-32-25-26-24-29(35(2,3)4)19-20-30(26)31(32)21-22-33(34)36(5,6)7;;;/h8,10-22,24,28H,1,9,23,25H2,2-7H3;2*1H;/q;;;+2/p-2. The van der Waals surface area contributed by atoms with E-state index < -0.39 is 0 Å². The predicted molar refractivity (Wildman–Crippen MR) is 161 cm³/mol. The summed E-state index contributed by atoms with van der Waals surface area (Å²) in [5.74, 6) is 0.302. The van der Waals surface area contributed by atoms with Crippen LogP contribution in [-0.2, 0) is 48.9 Å². The molecule has 3 aromatic rings. The van der Waals surface area contributed by atoms with E-state index in [1.165, 1.54) is 38.9 Å². The Bertz CT molecular complexity index is 1370. The molecule has 40 heavy (non-hydrogen) atoms. The van der Waals surface area contributed by atoms with Crippen LogP contribution in [0.25, 0.3) is 11.1 Å². The first-order valence-corrected chi connectivity index (χ1v) is 13.9. The molecule has 3 aromatic carbocycles. The first-order chi connectivity index (χ1) is 17.6. The van der Waals surface area contributed by atoms with Crippen molar-refractivity contribution in [1.82, 2.24) is 0 Å². The molecule has 2 aliphatic rings. The second kappa shape index (κ2) is 13.1. The van der Waals surface area contributed by atoms with Crippen LogP contribution in [0.2, 0.25) is 0 Å². The van der Waals surface area contributed by atoms with Crippen LogP contribution < -0.4 is 24.8 Å². The zero-order valence-electron chi connectivity index (χ0n) is 24.8. The Morgan fingerprint density at radius 2 is 1.40 bits per heavy atom. The minimum Gasteiger partial charge on any atom is -1.00 e. The molecule has 1 unspecified atom stereocenters. The van der Waals surface area contributed by atoms with Crippen molar-refractivity contribution in [2.45, 2.75) is 77.0 Å². The van der Waals surface area contributed by atoms with Crippen LogP contribution in [0, 0.1) is 5.92 Å². The minimum absolute atomic E-state index is 0. The SMILES string of the molecule is C=CCCC(c1ccccc1)(c1c(C(C)(C)C)ccc2c1Cc1cc(C(C)(C)C)ccc1-2)C1C=CC=C1.[Cl-].[Cl-].[Zr+2]. The Kier molecular flexibility index (Phi) is 11.3. The van der Waals surface area contributed by atoms with Gasteiger partial charge in [0.1, 0.15) is 0 Å². The summed E-state index contributed by atoms with van der Waals surface area (Å²) in [7, 11) is 0. The van der Waals surface area contributed by atoms with Gasteiger partial charge in [-0.3, -0.25) is 0 Å². The molecule has 0 heterocycles. The fourth-order valence-electron chi connectivity index (χ4n) is 6.64. The Morgan fingerprint density at radius 3 is 1.98 bits per heavy atom. The second-order valence-corrected chi connectivity index (χ2v) is 13.0. The number of fused-ring (bicyclic) bond motifs is 3. The van der Waals surface area contributed by atoms with Crippen LogP contribution in [-0.4, -0.2) is 0 Å². The Labute approximate surface area is 274 Å². The summed E-state index contributed by atoms with van der Waals surface area (Å²) in [5, 5.41) is 0. The van der Waals surface area contributed by atoms with E-state index in [2.05, 4.69) is 139 Å². The number of hydrogen-bond acceptors (Lipinski definition) is 0. The second-order valence-electron chi connectivity index (χ2n) is 13.0. The van der Waals surface area contributed by atoms with Crippen molar-refractivity contribution in [3.8, 4) is 11.1 Å². The summed E-state index contributed by atoms with van der Waals surface area (Å²) in [6, 6.07) is 23.3. The van der Waals surface area contributed by atoms with Gasteiger partial charge in [0.25, 0.3) is 0 Å². The number of benzene rings is 3. The summed E-state index contributed by atoms with van der Waals surface area (Å²) < 4.78 is 0. The zero-order chi connectivity index (χ0) is 26.4. The topological polar surface area (TPSA) is 0 Å². The molecular formula is C37H42Cl2Zr. The van der Waals surface area contributed by atoms with Crippen molar-refractivity contribution < 1.29 is 51.0 Å². The van der Waals surface area contributed by atoms with Crippen molar-refractivity contribution in [3.05, 3.63) is 131 Å². The van der Waals surface area contributed by atoms with Gasteiger partial charge >= 0.3 is 26.2 Å². The number of rotatable bonds is 6. The van der Waals surface area contributed by atoms with E-state index in [0.717, 1.165) is 19.3 Å². The molecule has 0 radical (unpaired) electrons. The molecule has 0 saturated carbocycles. The fraction of sp³-hybridized carbons (Fsp3) is 0.351. The predicted octanol–water partition coefficient (Wildman–Crippen LogP) is 3.85. The number of hydrogen-bond donors (Lipinski definition) is 0. The van der Waals surface area contributed by atoms with E-state index in [9.17, 15) is 0 Å².